The predicted molar refractivity (Wildman–Crippen MR) is 116 cm³/mol. The number of aromatic nitrogens is 4. The molecule has 29 heavy (non-hydrogen) atoms. The molecule has 0 saturated carbocycles. The quantitative estimate of drug-likeness (QED) is 0.334. The molecule has 0 aliphatic rings. The van der Waals surface area contributed by atoms with Crippen LogP contribution in [0.15, 0.2) is 63.1 Å². The fourth-order valence-electron chi connectivity index (χ4n) is 2.88. The molecule has 148 valence electrons. The first-order valence-electron chi connectivity index (χ1n) is 8.67. The highest BCUT2D eigenvalue weighted by molar-refractivity contribution is 9.10. The van der Waals surface area contributed by atoms with E-state index in [1.165, 1.54) is 18.0 Å². The molecule has 0 atom stereocenters. The molecular formula is C20H17BrN4O3S. The van der Waals surface area contributed by atoms with Crippen molar-refractivity contribution in [3.05, 3.63) is 69.1 Å². The molecular weight excluding hydrogens is 456 g/mol. The van der Waals surface area contributed by atoms with Crippen LogP contribution in [0, 0.1) is 0 Å². The van der Waals surface area contributed by atoms with E-state index in [9.17, 15) is 4.79 Å². The average Bonchev–Trinajstić information content (AvgIpc) is 3.17. The number of hydrogen-bond acceptors (Lipinski definition) is 6. The van der Waals surface area contributed by atoms with E-state index in [0.717, 1.165) is 15.7 Å². The SMILES string of the molecule is COc1cc(Br)c(CSc2nc3c(cnn3-c3ccccc3)c(=O)[nH]2)cc1OC. The Hall–Kier alpha value is -2.78. The Bertz CT molecular complexity index is 1220. The van der Waals surface area contributed by atoms with Crippen LogP contribution < -0.4 is 15.0 Å². The van der Waals surface area contributed by atoms with Gasteiger partial charge < -0.3 is 14.5 Å². The van der Waals surface area contributed by atoms with Crippen molar-refractivity contribution in [3.8, 4) is 17.2 Å². The van der Waals surface area contributed by atoms with Crippen molar-refractivity contribution in [1.29, 1.82) is 0 Å². The Morgan fingerprint density at radius 1 is 1.14 bits per heavy atom. The number of thioether (sulfide) groups is 1. The molecule has 0 amide bonds. The van der Waals surface area contributed by atoms with Gasteiger partial charge in [-0.25, -0.2) is 9.67 Å². The second-order valence-corrected chi connectivity index (χ2v) is 7.91. The lowest BCUT2D eigenvalue weighted by Gasteiger charge is -2.11. The minimum atomic E-state index is -0.217. The minimum absolute atomic E-state index is 0.217. The van der Waals surface area contributed by atoms with Gasteiger partial charge in [0.1, 0.15) is 5.39 Å². The van der Waals surface area contributed by atoms with Gasteiger partial charge in [0, 0.05) is 10.2 Å². The summed E-state index contributed by atoms with van der Waals surface area (Å²) in [7, 11) is 3.19. The Morgan fingerprint density at radius 2 is 1.86 bits per heavy atom. The van der Waals surface area contributed by atoms with Gasteiger partial charge in [-0.15, -0.1) is 0 Å². The molecule has 4 rings (SSSR count). The van der Waals surface area contributed by atoms with Gasteiger partial charge in [-0.05, 0) is 29.8 Å². The number of benzene rings is 2. The van der Waals surface area contributed by atoms with E-state index in [0.29, 0.717) is 33.4 Å². The fraction of sp³-hybridized carbons (Fsp3) is 0.150. The molecule has 0 saturated heterocycles. The second-order valence-electron chi connectivity index (χ2n) is 6.09. The van der Waals surface area contributed by atoms with Gasteiger partial charge in [-0.3, -0.25) is 4.79 Å². The van der Waals surface area contributed by atoms with Gasteiger partial charge in [-0.2, -0.15) is 5.10 Å². The molecule has 2 aromatic heterocycles. The summed E-state index contributed by atoms with van der Waals surface area (Å²) in [5.41, 5.74) is 2.14. The molecule has 1 N–H and O–H groups in total. The average molecular weight is 473 g/mol. The molecule has 0 unspecified atom stereocenters. The van der Waals surface area contributed by atoms with E-state index in [-0.39, 0.29) is 5.56 Å². The topological polar surface area (TPSA) is 82.0 Å². The van der Waals surface area contributed by atoms with Gasteiger partial charge in [0.2, 0.25) is 0 Å². The Labute approximate surface area is 179 Å². The molecule has 0 bridgehead atoms. The molecule has 2 heterocycles. The summed E-state index contributed by atoms with van der Waals surface area (Å²) in [6, 6.07) is 13.4. The number of fused-ring (bicyclic) bond motifs is 1. The van der Waals surface area contributed by atoms with E-state index in [2.05, 4.69) is 31.0 Å². The number of nitrogens with one attached hydrogen (secondary N) is 1. The van der Waals surface area contributed by atoms with Crippen molar-refractivity contribution in [2.75, 3.05) is 14.2 Å². The van der Waals surface area contributed by atoms with Crippen LogP contribution >= 0.6 is 27.7 Å². The van der Waals surface area contributed by atoms with Gasteiger partial charge in [0.25, 0.3) is 5.56 Å². The largest absolute Gasteiger partial charge is 0.493 e. The number of aromatic amines is 1. The van der Waals surface area contributed by atoms with Crippen LogP contribution in [-0.4, -0.2) is 34.0 Å². The first-order valence-corrected chi connectivity index (χ1v) is 10.4. The van der Waals surface area contributed by atoms with Gasteiger partial charge in [0.05, 0.1) is 26.1 Å². The zero-order valence-electron chi connectivity index (χ0n) is 15.7. The predicted octanol–water partition coefficient (Wildman–Crippen LogP) is 4.18. The summed E-state index contributed by atoms with van der Waals surface area (Å²) in [5, 5.41) is 5.29. The smallest absolute Gasteiger partial charge is 0.262 e. The van der Waals surface area contributed by atoms with Gasteiger partial charge >= 0.3 is 0 Å². The van der Waals surface area contributed by atoms with Crippen LogP contribution in [0.2, 0.25) is 0 Å². The van der Waals surface area contributed by atoms with Crippen molar-refractivity contribution >= 4 is 38.7 Å². The standard InChI is InChI=1S/C20H17BrN4O3S/c1-27-16-8-12(15(21)9-17(16)28-2)11-29-20-23-18-14(19(26)24-20)10-22-25(18)13-6-4-3-5-7-13/h3-10H,11H2,1-2H3,(H,23,24,26). The second kappa shape index (κ2) is 8.30. The Balaban J connectivity index is 1.66. The zero-order chi connectivity index (χ0) is 20.4. The highest BCUT2D eigenvalue weighted by atomic mass is 79.9. The molecule has 7 nitrogen and oxygen atoms in total. The minimum Gasteiger partial charge on any atom is -0.493 e. The molecule has 0 spiro atoms. The van der Waals surface area contributed by atoms with Crippen LogP contribution in [0.25, 0.3) is 16.7 Å². The number of rotatable bonds is 6. The number of para-hydroxylation sites is 1. The molecule has 0 fully saturated rings. The summed E-state index contributed by atoms with van der Waals surface area (Å²) in [6.07, 6.45) is 1.54. The van der Waals surface area contributed by atoms with E-state index < -0.39 is 0 Å². The summed E-state index contributed by atoms with van der Waals surface area (Å²) < 4.78 is 13.2. The summed E-state index contributed by atoms with van der Waals surface area (Å²) in [5.74, 6) is 1.87. The molecule has 0 radical (unpaired) electrons. The first kappa shape index (κ1) is 19.5. The van der Waals surface area contributed by atoms with Crippen molar-refractivity contribution in [3.63, 3.8) is 0 Å². The van der Waals surface area contributed by atoms with Crippen molar-refractivity contribution in [1.82, 2.24) is 19.7 Å². The first-order chi connectivity index (χ1) is 14.1. The van der Waals surface area contributed by atoms with Crippen molar-refractivity contribution in [2.45, 2.75) is 10.9 Å². The van der Waals surface area contributed by atoms with Crippen molar-refractivity contribution in [2.24, 2.45) is 0 Å². The lowest BCUT2D eigenvalue weighted by Crippen LogP contribution is -2.09. The number of nitrogens with zero attached hydrogens (tertiary/aromatic N) is 3. The number of hydrogen-bond donors (Lipinski definition) is 1. The van der Waals surface area contributed by atoms with Crippen LogP contribution in [0.5, 0.6) is 11.5 Å². The molecule has 9 heteroatoms. The number of methoxy groups -OCH3 is 2. The third-order valence-electron chi connectivity index (χ3n) is 4.33. The molecule has 4 aromatic rings. The third kappa shape index (κ3) is 3.88. The van der Waals surface area contributed by atoms with Gasteiger partial charge in [0.15, 0.2) is 22.3 Å². The number of H-pyrrole nitrogens is 1. The van der Waals surface area contributed by atoms with Crippen LogP contribution in [-0.2, 0) is 5.75 Å². The van der Waals surface area contributed by atoms with Crippen LogP contribution in [0.4, 0.5) is 0 Å². The van der Waals surface area contributed by atoms with Gasteiger partial charge in [-0.1, -0.05) is 45.9 Å². The highest BCUT2D eigenvalue weighted by Crippen LogP contribution is 2.35. The van der Waals surface area contributed by atoms with E-state index in [4.69, 9.17) is 9.47 Å². The fourth-order valence-corrected chi connectivity index (χ4v) is 4.37. The van der Waals surface area contributed by atoms with Crippen LogP contribution in [0.1, 0.15) is 5.56 Å². The lowest BCUT2D eigenvalue weighted by atomic mass is 10.2. The maximum atomic E-state index is 12.5. The summed E-state index contributed by atoms with van der Waals surface area (Å²) in [6.45, 7) is 0. The lowest BCUT2D eigenvalue weighted by molar-refractivity contribution is 0.354. The summed E-state index contributed by atoms with van der Waals surface area (Å²) >= 11 is 4.98. The Morgan fingerprint density at radius 3 is 2.59 bits per heavy atom. The molecule has 2 aromatic carbocycles. The monoisotopic (exact) mass is 472 g/mol. The Kier molecular flexibility index (Phi) is 5.59. The summed E-state index contributed by atoms with van der Waals surface area (Å²) in [4.78, 5) is 20.0. The highest BCUT2D eigenvalue weighted by Gasteiger charge is 2.14. The molecule has 0 aliphatic carbocycles. The molecule has 0 aliphatic heterocycles. The zero-order valence-corrected chi connectivity index (χ0v) is 18.1. The maximum Gasteiger partial charge on any atom is 0.262 e. The normalized spacial score (nSPS) is 11.0. The third-order valence-corrected chi connectivity index (χ3v) is 5.99. The van der Waals surface area contributed by atoms with Crippen LogP contribution in [0.3, 0.4) is 0 Å². The van der Waals surface area contributed by atoms with E-state index in [1.807, 2.05) is 42.5 Å². The number of halogens is 1. The van der Waals surface area contributed by atoms with E-state index >= 15 is 0 Å². The maximum absolute atomic E-state index is 12.5. The number of ether oxygens (including phenoxy) is 2. The van der Waals surface area contributed by atoms with Crippen molar-refractivity contribution < 1.29 is 9.47 Å². The van der Waals surface area contributed by atoms with E-state index in [1.54, 1.807) is 18.9 Å².